The van der Waals surface area contributed by atoms with Gasteiger partial charge in [0.2, 0.25) is 10.0 Å². The van der Waals surface area contributed by atoms with E-state index in [1.165, 1.54) is 20.3 Å². The molecule has 1 saturated carbocycles. The van der Waals surface area contributed by atoms with E-state index in [1.807, 2.05) is 0 Å². The summed E-state index contributed by atoms with van der Waals surface area (Å²) in [7, 11) is -0.763. The van der Waals surface area contributed by atoms with Gasteiger partial charge in [-0.25, -0.2) is 13.1 Å². The summed E-state index contributed by atoms with van der Waals surface area (Å²) in [6.07, 6.45) is 2.15. The Balaban J connectivity index is 2.18. The first-order valence-electron chi connectivity index (χ1n) is 6.45. The average Bonchev–Trinajstić information content (AvgIpc) is 3.28. The van der Waals surface area contributed by atoms with Crippen molar-refractivity contribution < 1.29 is 17.9 Å². The van der Waals surface area contributed by atoms with Gasteiger partial charge in [0.15, 0.2) is 0 Å². The maximum Gasteiger partial charge on any atom is 0.244 e. The Labute approximate surface area is 119 Å². The molecule has 2 rings (SSSR count). The van der Waals surface area contributed by atoms with Gasteiger partial charge >= 0.3 is 0 Å². The molecule has 1 aromatic rings. The van der Waals surface area contributed by atoms with Crippen molar-refractivity contribution in [1.82, 2.24) is 4.72 Å². The Hall–Kier alpha value is -1.31. The van der Waals surface area contributed by atoms with Gasteiger partial charge in [-0.1, -0.05) is 0 Å². The third-order valence-electron chi connectivity index (χ3n) is 3.40. The van der Waals surface area contributed by atoms with Gasteiger partial charge in [0.1, 0.15) is 16.4 Å². The summed E-state index contributed by atoms with van der Waals surface area (Å²) in [6.45, 7) is 0.230. The van der Waals surface area contributed by atoms with Crippen molar-refractivity contribution in [3.8, 4) is 11.5 Å². The minimum atomic E-state index is -3.67. The molecule has 0 saturated heterocycles. The van der Waals surface area contributed by atoms with E-state index in [0.29, 0.717) is 11.7 Å². The van der Waals surface area contributed by atoms with Gasteiger partial charge in [0.25, 0.3) is 0 Å². The maximum absolute atomic E-state index is 12.3. The van der Waals surface area contributed by atoms with Crippen molar-refractivity contribution in [3.63, 3.8) is 0 Å². The van der Waals surface area contributed by atoms with Crippen LogP contribution in [-0.4, -0.2) is 35.2 Å². The molecule has 112 valence electrons. The average molecular weight is 300 g/mol. The molecule has 0 heterocycles. The molecule has 0 spiro atoms. The van der Waals surface area contributed by atoms with E-state index in [2.05, 4.69) is 4.72 Å². The molecule has 1 unspecified atom stereocenters. The molecular formula is C13H20N2O4S. The van der Waals surface area contributed by atoms with Gasteiger partial charge in [0, 0.05) is 18.7 Å². The Bertz CT molecular complexity index is 570. The van der Waals surface area contributed by atoms with Crippen LogP contribution in [0.4, 0.5) is 0 Å². The fraction of sp³-hybridized carbons (Fsp3) is 0.538. The standard InChI is InChI=1S/C13H20N2O4S/c1-18-10-5-6-12(19-2)13(7-10)20(16,17)15-8-11(14)9-3-4-9/h5-7,9,11,15H,3-4,8,14H2,1-2H3. The molecule has 1 fully saturated rings. The second-order valence-electron chi connectivity index (χ2n) is 4.87. The van der Waals surface area contributed by atoms with Gasteiger partial charge in [-0.3, -0.25) is 0 Å². The van der Waals surface area contributed by atoms with E-state index < -0.39 is 10.0 Å². The van der Waals surface area contributed by atoms with Gasteiger partial charge in [0.05, 0.1) is 14.2 Å². The lowest BCUT2D eigenvalue weighted by atomic mass is 10.2. The zero-order chi connectivity index (χ0) is 14.8. The largest absolute Gasteiger partial charge is 0.497 e. The van der Waals surface area contributed by atoms with Crippen LogP contribution in [-0.2, 0) is 10.0 Å². The molecule has 1 aliphatic rings. The fourth-order valence-electron chi connectivity index (χ4n) is 1.97. The van der Waals surface area contributed by atoms with Crippen LogP contribution in [0, 0.1) is 5.92 Å². The van der Waals surface area contributed by atoms with Crippen molar-refractivity contribution in [3.05, 3.63) is 18.2 Å². The number of nitrogens with one attached hydrogen (secondary N) is 1. The first-order chi connectivity index (χ1) is 9.47. The number of nitrogens with two attached hydrogens (primary N) is 1. The summed E-state index contributed by atoms with van der Waals surface area (Å²) in [4.78, 5) is 0.0577. The first-order valence-corrected chi connectivity index (χ1v) is 7.93. The predicted octanol–water partition coefficient (Wildman–Crippen LogP) is 0.719. The third-order valence-corrected chi connectivity index (χ3v) is 4.84. The van der Waals surface area contributed by atoms with E-state index in [9.17, 15) is 8.42 Å². The number of hydrogen-bond donors (Lipinski definition) is 2. The van der Waals surface area contributed by atoms with Crippen LogP contribution in [0.25, 0.3) is 0 Å². The van der Waals surface area contributed by atoms with Crippen LogP contribution in [0.3, 0.4) is 0 Å². The summed E-state index contributed by atoms with van der Waals surface area (Å²) in [5.74, 6) is 1.17. The maximum atomic E-state index is 12.3. The highest BCUT2D eigenvalue weighted by atomic mass is 32.2. The van der Waals surface area contributed by atoms with Gasteiger partial charge < -0.3 is 15.2 Å². The summed E-state index contributed by atoms with van der Waals surface area (Å²) < 4.78 is 37.3. The highest BCUT2D eigenvalue weighted by molar-refractivity contribution is 7.89. The summed E-state index contributed by atoms with van der Waals surface area (Å²) in [5, 5.41) is 0. The second-order valence-corrected chi connectivity index (χ2v) is 6.61. The molecule has 6 nitrogen and oxygen atoms in total. The molecule has 0 bridgehead atoms. The van der Waals surface area contributed by atoms with E-state index in [0.717, 1.165) is 12.8 Å². The van der Waals surface area contributed by atoms with Crippen molar-refractivity contribution in [2.45, 2.75) is 23.8 Å². The van der Waals surface area contributed by atoms with E-state index in [1.54, 1.807) is 12.1 Å². The molecule has 1 atom stereocenters. The molecule has 0 aliphatic heterocycles. The van der Waals surface area contributed by atoms with Crippen molar-refractivity contribution >= 4 is 10.0 Å². The molecule has 7 heteroatoms. The Morgan fingerprint density at radius 3 is 2.60 bits per heavy atom. The minimum absolute atomic E-state index is 0.0577. The van der Waals surface area contributed by atoms with Crippen LogP contribution in [0.5, 0.6) is 11.5 Å². The second kappa shape index (κ2) is 5.99. The number of sulfonamides is 1. The molecule has 0 radical (unpaired) electrons. The van der Waals surface area contributed by atoms with Crippen molar-refractivity contribution in [2.75, 3.05) is 20.8 Å². The number of hydrogen-bond acceptors (Lipinski definition) is 5. The van der Waals surface area contributed by atoms with Crippen LogP contribution in [0.1, 0.15) is 12.8 Å². The Morgan fingerprint density at radius 2 is 2.05 bits per heavy atom. The first kappa shape index (κ1) is 15.1. The zero-order valence-corrected chi connectivity index (χ0v) is 12.4. The van der Waals surface area contributed by atoms with E-state index in [-0.39, 0.29) is 23.2 Å². The van der Waals surface area contributed by atoms with Gasteiger partial charge in [-0.15, -0.1) is 0 Å². The zero-order valence-electron chi connectivity index (χ0n) is 11.6. The smallest absolute Gasteiger partial charge is 0.244 e. The molecular weight excluding hydrogens is 280 g/mol. The fourth-order valence-corrected chi connectivity index (χ4v) is 3.22. The Morgan fingerprint density at radius 1 is 1.35 bits per heavy atom. The predicted molar refractivity (Wildman–Crippen MR) is 75.4 cm³/mol. The number of methoxy groups -OCH3 is 2. The topological polar surface area (TPSA) is 90.6 Å². The molecule has 0 amide bonds. The van der Waals surface area contributed by atoms with Gasteiger partial charge in [-0.2, -0.15) is 0 Å². The highest BCUT2D eigenvalue weighted by Crippen LogP contribution is 2.32. The lowest BCUT2D eigenvalue weighted by molar-refractivity contribution is 0.391. The quantitative estimate of drug-likeness (QED) is 0.774. The lowest BCUT2D eigenvalue weighted by Gasteiger charge is -2.14. The Kier molecular flexibility index (Phi) is 4.52. The number of benzene rings is 1. The minimum Gasteiger partial charge on any atom is -0.497 e. The summed E-state index contributed by atoms with van der Waals surface area (Å²) in [5.41, 5.74) is 5.91. The molecule has 1 aromatic carbocycles. The van der Waals surface area contributed by atoms with Crippen LogP contribution in [0.2, 0.25) is 0 Å². The van der Waals surface area contributed by atoms with Crippen LogP contribution >= 0.6 is 0 Å². The number of rotatable bonds is 7. The summed E-state index contributed by atoms with van der Waals surface area (Å²) >= 11 is 0. The van der Waals surface area contributed by atoms with E-state index >= 15 is 0 Å². The highest BCUT2D eigenvalue weighted by Gasteiger charge is 2.30. The molecule has 20 heavy (non-hydrogen) atoms. The number of ether oxygens (including phenoxy) is 2. The lowest BCUT2D eigenvalue weighted by Crippen LogP contribution is -2.38. The molecule has 0 aromatic heterocycles. The summed E-state index contributed by atoms with van der Waals surface area (Å²) in [6, 6.07) is 4.51. The van der Waals surface area contributed by atoms with Crippen molar-refractivity contribution in [1.29, 1.82) is 0 Å². The SMILES string of the molecule is COc1ccc(OC)c(S(=O)(=O)NCC(N)C2CC2)c1. The van der Waals surface area contributed by atoms with Crippen molar-refractivity contribution in [2.24, 2.45) is 11.7 Å². The third kappa shape index (κ3) is 3.41. The molecule has 1 aliphatic carbocycles. The monoisotopic (exact) mass is 300 g/mol. The normalized spacial score (nSPS) is 16.8. The van der Waals surface area contributed by atoms with E-state index in [4.69, 9.17) is 15.2 Å². The van der Waals surface area contributed by atoms with Crippen LogP contribution in [0.15, 0.2) is 23.1 Å². The molecule has 3 N–H and O–H groups in total. The van der Waals surface area contributed by atoms with Gasteiger partial charge in [-0.05, 0) is 30.9 Å². The van der Waals surface area contributed by atoms with Crippen LogP contribution < -0.4 is 19.9 Å².